The monoisotopic (exact) mass is 482 g/mol. The highest BCUT2D eigenvalue weighted by Gasteiger charge is 2.34. The number of hydrogen-bond acceptors (Lipinski definition) is 5. The molecule has 0 bridgehead atoms. The Morgan fingerprint density at radius 2 is 1.69 bits per heavy atom. The number of ether oxygens (including phenoxy) is 2. The highest BCUT2D eigenvalue weighted by atomic mass is 35.5. The van der Waals surface area contributed by atoms with Gasteiger partial charge in [0.15, 0.2) is 0 Å². The second kappa shape index (κ2) is 10.9. The van der Waals surface area contributed by atoms with Crippen LogP contribution in [0.3, 0.4) is 0 Å². The Morgan fingerprint density at radius 1 is 1.06 bits per heavy atom. The van der Waals surface area contributed by atoms with Crippen molar-refractivity contribution in [3.8, 4) is 11.5 Å². The molecule has 0 heterocycles. The minimum Gasteiger partial charge on any atom is -0.496 e. The predicted molar refractivity (Wildman–Crippen MR) is 128 cm³/mol. The first-order valence-corrected chi connectivity index (χ1v) is 12.6. The molecule has 9 heteroatoms. The minimum atomic E-state index is -3.83. The molecular weight excluding hydrogens is 452 g/mol. The maximum atomic E-state index is 13.4. The first-order valence-electron chi connectivity index (χ1n) is 10.3. The Hall–Kier alpha value is -2.45. The highest BCUT2D eigenvalue weighted by Crippen LogP contribution is 2.35. The number of sulfonamides is 1. The van der Waals surface area contributed by atoms with Crippen LogP contribution in [0.25, 0.3) is 0 Å². The Kier molecular flexibility index (Phi) is 8.81. The molecule has 0 spiro atoms. The third kappa shape index (κ3) is 5.86. The van der Waals surface area contributed by atoms with Crippen molar-refractivity contribution in [1.29, 1.82) is 0 Å². The lowest BCUT2D eigenvalue weighted by Crippen LogP contribution is -2.50. The van der Waals surface area contributed by atoms with Gasteiger partial charge in [-0.15, -0.1) is 0 Å². The molecule has 7 nitrogen and oxygen atoms in total. The lowest BCUT2D eigenvalue weighted by atomic mass is 10.0. The van der Waals surface area contributed by atoms with Gasteiger partial charge < -0.3 is 14.8 Å². The fraction of sp³-hybridized carbons (Fsp3) is 0.435. The maximum absolute atomic E-state index is 13.4. The van der Waals surface area contributed by atoms with Crippen LogP contribution in [0.2, 0.25) is 5.02 Å². The van der Waals surface area contributed by atoms with Gasteiger partial charge in [-0.3, -0.25) is 9.10 Å². The third-order valence-corrected chi connectivity index (χ3v) is 6.65. The predicted octanol–water partition coefficient (Wildman–Crippen LogP) is 4.48. The van der Waals surface area contributed by atoms with Crippen molar-refractivity contribution in [1.82, 2.24) is 5.32 Å². The van der Waals surface area contributed by atoms with E-state index in [2.05, 4.69) is 5.32 Å². The van der Waals surface area contributed by atoms with Crippen LogP contribution in [-0.4, -0.2) is 40.8 Å². The lowest BCUT2D eigenvalue weighted by Gasteiger charge is -2.32. The Morgan fingerprint density at radius 3 is 2.19 bits per heavy atom. The second-order valence-corrected chi connectivity index (χ2v) is 9.79. The van der Waals surface area contributed by atoms with Crippen molar-refractivity contribution in [2.45, 2.75) is 45.7 Å². The molecule has 0 saturated carbocycles. The molecule has 0 aliphatic carbocycles. The first-order chi connectivity index (χ1) is 15.1. The summed E-state index contributed by atoms with van der Waals surface area (Å²) in [5.74, 6) is 0.668. The van der Waals surface area contributed by atoms with E-state index in [9.17, 15) is 13.2 Å². The zero-order valence-electron chi connectivity index (χ0n) is 19.3. The van der Waals surface area contributed by atoms with Crippen molar-refractivity contribution < 1.29 is 22.7 Å². The highest BCUT2D eigenvalue weighted by molar-refractivity contribution is 7.92. The summed E-state index contributed by atoms with van der Waals surface area (Å²) in [4.78, 5) is 13.4. The second-order valence-electron chi connectivity index (χ2n) is 7.50. The minimum absolute atomic E-state index is 0.220. The molecule has 2 aromatic carbocycles. The summed E-state index contributed by atoms with van der Waals surface area (Å²) >= 11 is 6.13. The van der Waals surface area contributed by atoms with E-state index in [-0.39, 0.29) is 18.2 Å². The fourth-order valence-corrected chi connectivity index (χ4v) is 5.05. The third-order valence-electron chi connectivity index (χ3n) is 5.25. The lowest BCUT2D eigenvalue weighted by molar-refractivity contribution is -0.123. The maximum Gasteiger partial charge on any atom is 0.244 e. The van der Waals surface area contributed by atoms with E-state index in [0.29, 0.717) is 17.2 Å². The van der Waals surface area contributed by atoms with E-state index in [0.717, 1.165) is 27.4 Å². The van der Waals surface area contributed by atoms with Gasteiger partial charge in [-0.05, 0) is 55.2 Å². The largest absolute Gasteiger partial charge is 0.496 e. The number of benzene rings is 2. The van der Waals surface area contributed by atoms with Crippen LogP contribution in [0.5, 0.6) is 11.5 Å². The van der Waals surface area contributed by atoms with Crippen LogP contribution < -0.4 is 19.1 Å². The van der Waals surface area contributed by atoms with Crippen LogP contribution in [-0.2, 0) is 14.8 Å². The molecule has 0 aromatic heterocycles. The first kappa shape index (κ1) is 25.8. The van der Waals surface area contributed by atoms with Gasteiger partial charge in [-0.1, -0.05) is 37.6 Å². The Bertz CT molecular complexity index is 1060. The SMILES string of the molecule is CC[C@H](C(=O)N[C@H](CC)c1ccc(OC)c(C)c1)N(c1cc(Cl)ccc1OC)S(C)(=O)=O. The summed E-state index contributed by atoms with van der Waals surface area (Å²) < 4.78 is 37.3. The van der Waals surface area contributed by atoms with Crippen LogP contribution in [0.4, 0.5) is 5.69 Å². The van der Waals surface area contributed by atoms with Crippen molar-refractivity contribution in [2.24, 2.45) is 0 Å². The Balaban J connectivity index is 2.44. The number of carbonyl (C=O) groups excluding carboxylic acids is 1. The average molecular weight is 483 g/mol. The van der Waals surface area contributed by atoms with Gasteiger partial charge in [0.05, 0.1) is 32.2 Å². The molecule has 0 aliphatic rings. The van der Waals surface area contributed by atoms with E-state index >= 15 is 0 Å². The van der Waals surface area contributed by atoms with Crippen LogP contribution >= 0.6 is 11.6 Å². The average Bonchev–Trinajstić information content (AvgIpc) is 2.74. The van der Waals surface area contributed by atoms with E-state index in [1.807, 2.05) is 32.0 Å². The smallest absolute Gasteiger partial charge is 0.244 e. The number of nitrogens with one attached hydrogen (secondary N) is 1. The molecule has 0 saturated heterocycles. The molecule has 0 unspecified atom stereocenters. The van der Waals surface area contributed by atoms with E-state index in [4.69, 9.17) is 21.1 Å². The molecule has 2 aromatic rings. The number of halogens is 1. The van der Waals surface area contributed by atoms with Crippen molar-refractivity contribution in [3.63, 3.8) is 0 Å². The molecule has 0 aliphatic heterocycles. The van der Waals surface area contributed by atoms with Gasteiger partial charge in [0.25, 0.3) is 0 Å². The fourth-order valence-electron chi connectivity index (χ4n) is 3.68. The number of rotatable bonds is 10. The summed E-state index contributed by atoms with van der Waals surface area (Å²) in [5.41, 5.74) is 2.09. The van der Waals surface area contributed by atoms with Gasteiger partial charge in [0.1, 0.15) is 17.5 Å². The molecule has 1 amide bonds. The molecule has 2 rings (SSSR count). The molecular formula is C23H31ClN2O5S. The van der Waals surface area contributed by atoms with Gasteiger partial charge in [0, 0.05) is 5.02 Å². The number of nitrogens with zero attached hydrogens (tertiary/aromatic N) is 1. The van der Waals surface area contributed by atoms with Crippen LogP contribution in [0.15, 0.2) is 36.4 Å². The van der Waals surface area contributed by atoms with E-state index < -0.39 is 22.0 Å². The molecule has 32 heavy (non-hydrogen) atoms. The van der Waals surface area contributed by atoms with E-state index in [1.54, 1.807) is 26.2 Å². The van der Waals surface area contributed by atoms with E-state index in [1.165, 1.54) is 13.2 Å². The number of hydrogen-bond donors (Lipinski definition) is 1. The summed E-state index contributed by atoms with van der Waals surface area (Å²) in [5, 5.41) is 3.35. The number of amides is 1. The summed E-state index contributed by atoms with van der Waals surface area (Å²) in [6.45, 7) is 5.65. The number of methoxy groups -OCH3 is 2. The van der Waals surface area contributed by atoms with Crippen LogP contribution in [0.1, 0.15) is 43.9 Å². The van der Waals surface area contributed by atoms with Gasteiger partial charge >= 0.3 is 0 Å². The summed E-state index contributed by atoms with van der Waals surface area (Å²) in [6, 6.07) is 9.12. The number of aryl methyl sites for hydroxylation is 1. The summed E-state index contributed by atoms with van der Waals surface area (Å²) in [6.07, 6.45) is 1.95. The molecule has 2 atom stereocenters. The topological polar surface area (TPSA) is 84.9 Å². The van der Waals surface area contributed by atoms with Gasteiger partial charge in [0.2, 0.25) is 15.9 Å². The zero-order valence-corrected chi connectivity index (χ0v) is 20.9. The zero-order chi connectivity index (χ0) is 24.1. The number of carbonyl (C=O) groups is 1. The van der Waals surface area contributed by atoms with Crippen molar-refractivity contribution in [3.05, 3.63) is 52.5 Å². The standard InChI is InChI=1S/C23H31ClN2O5S/c1-7-18(16-9-11-21(30-4)15(3)13-16)25-23(27)19(8-2)26(32(6,28)29)20-14-17(24)10-12-22(20)31-5/h9-14,18-19H,7-8H2,1-6H3,(H,25,27)/t18-,19-/m1/s1. The quantitative estimate of drug-likeness (QED) is 0.539. The Labute approximate surface area is 195 Å². The van der Waals surface area contributed by atoms with Crippen LogP contribution in [0, 0.1) is 6.92 Å². The molecule has 0 radical (unpaired) electrons. The molecule has 0 fully saturated rings. The molecule has 176 valence electrons. The van der Waals surface area contributed by atoms with Gasteiger partial charge in [-0.25, -0.2) is 8.42 Å². The van der Waals surface area contributed by atoms with Gasteiger partial charge in [-0.2, -0.15) is 0 Å². The normalized spacial score (nSPS) is 13.2. The number of anilines is 1. The summed E-state index contributed by atoms with van der Waals surface area (Å²) in [7, 11) is -0.783. The molecule has 1 N–H and O–H groups in total. The van der Waals surface area contributed by atoms with Crippen molar-refractivity contribution in [2.75, 3.05) is 24.8 Å². The van der Waals surface area contributed by atoms with Crippen molar-refractivity contribution >= 4 is 33.2 Å².